The van der Waals surface area contributed by atoms with E-state index in [-0.39, 0.29) is 5.91 Å². The first-order chi connectivity index (χ1) is 10.2. The second-order valence-corrected chi connectivity index (χ2v) is 5.65. The summed E-state index contributed by atoms with van der Waals surface area (Å²) in [6.07, 6.45) is 1.59. The molecule has 1 aromatic carbocycles. The molecule has 2 aromatic heterocycles. The van der Waals surface area contributed by atoms with E-state index in [1.807, 2.05) is 42.6 Å². The van der Waals surface area contributed by atoms with E-state index in [0.717, 1.165) is 22.0 Å². The fraction of sp³-hybridized carbons (Fsp3) is 0.125. The molecule has 1 N–H and O–H groups in total. The number of rotatable bonds is 4. The molecule has 3 rings (SSSR count). The minimum Gasteiger partial charge on any atom is -0.467 e. The van der Waals surface area contributed by atoms with Gasteiger partial charge in [-0.1, -0.05) is 12.1 Å². The van der Waals surface area contributed by atoms with Crippen LogP contribution in [0.3, 0.4) is 0 Å². The van der Waals surface area contributed by atoms with Crippen LogP contribution in [-0.4, -0.2) is 10.9 Å². The third-order valence-corrected chi connectivity index (χ3v) is 3.84. The zero-order chi connectivity index (χ0) is 14.7. The van der Waals surface area contributed by atoms with Gasteiger partial charge in [0.2, 0.25) is 0 Å². The van der Waals surface area contributed by atoms with Crippen molar-refractivity contribution in [2.75, 3.05) is 0 Å². The Labute approximate surface area is 126 Å². The van der Waals surface area contributed by atoms with E-state index in [0.29, 0.717) is 12.1 Å². The first-order valence-corrected chi connectivity index (χ1v) is 7.43. The van der Waals surface area contributed by atoms with Crippen LogP contribution in [0.15, 0.2) is 52.5 Å². The van der Waals surface area contributed by atoms with Crippen LogP contribution in [0.2, 0.25) is 0 Å². The number of thiazole rings is 1. The number of nitrogens with one attached hydrogen (secondary N) is 1. The molecule has 0 fully saturated rings. The van der Waals surface area contributed by atoms with Gasteiger partial charge in [-0.25, -0.2) is 4.98 Å². The Morgan fingerprint density at radius 1 is 1.29 bits per heavy atom. The van der Waals surface area contributed by atoms with Gasteiger partial charge < -0.3 is 9.73 Å². The SMILES string of the molecule is Cc1nc(-c2ccc(C(=O)NCc3ccco3)cc2)cs1. The standard InChI is InChI=1S/C16H14N2O2S/c1-11-18-15(10-21-11)12-4-6-13(7-5-12)16(19)17-9-14-3-2-8-20-14/h2-8,10H,9H2,1H3,(H,17,19). The summed E-state index contributed by atoms with van der Waals surface area (Å²) < 4.78 is 5.18. The molecular formula is C16H14N2O2S. The summed E-state index contributed by atoms with van der Waals surface area (Å²) in [5.74, 6) is 0.616. The van der Waals surface area contributed by atoms with E-state index in [1.165, 1.54) is 0 Å². The van der Waals surface area contributed by atoms with Crippen LogP contribution in [0, 0.1) is 6.92 Å². The van der Waals surface area contributed by atoms with E-state index in [4.69, 9.17) is 4.42 Å². The lowest BCUT2D eigenvalue weighted by atomic mass is 10.1. The lowest BCUT2D eigenvalue weighted by Gasteiger charge is -2.04. The highest BCUT2D eigenvalue weighted by Crippen LogP contribution is 2.21. The van der Waals surface area contributed by atoms with Crippen molar-refractivity contribution in [3.63, 3.8) is 0 Å². The number of hydrogen-bond donors (Lipinski definition) is 1. The minimum atomic E-state index is -0.118. The monoisotopic (exact) mass is 298 g/mol. The predicted molar refractivity (Wildman–Crippen MR) is 82.2 cm³/mol. The molecule has 0 unspecified atom stereocenters. The van der Waals surface area contributed by atoms with Crippen LogP contribution < -0.4 is 5.32 Å². The number of aryl methyl sites for hydroxylation is 1. The number of nitrogens with zero attached hydrogens (tertiary/aromatic N) is 1. The lowest BCUT2D eigenvalue weighted by molar-refractivity contribution is 0.0948. The van der Waals surface area contributed by atoms with Crippen molar-refractivity contribution >= 4 is 17.2 Å². The average Bonchev–Trinajstić information content (AvgIpc) is 3.16. The molecule has 5 heteroatoms. The molecule has 0 radical (unpaired) electrons. The van der Waals surface area contributed by atoms with Crippen LogP contribution in [0.4, 0.5) is 0 Å². The number of aromatic nitrogens is 1. The Morgan fingerprint density at radius 3 is 2.71 bits per heavy atom. The van der Waals surface area contributed by atoms with E-state index >= 15 is 0 Å². The third kappa shape index (κ3) is 3.20. The molecular weight excluding hydrogens is 284 g/mol. The van der Waals surface area contributed by atoms with Crippen molar-refractivity contribution in [1.82, 2.24) is 10.3 Å². The lowest BCUT2D eigenvalue weighted by Crippen LogP contribution is -2.22. The van der Waals surface area contributed by atoms with E-state index in [1.54, 1.807) is 23.7 Å². The molecule has 0 spiro atoms. The van der Waals surface area contributed by atoms with Gasteiger partial charge in [-0.05, 0) is 31.2 Å². The van der Waals surface area contributed by atoms with Gasteiger partial charge in [0.25, 0.3) is 5.91 Å². The van der Waals surface area contributed by atoms with Crippen LogP contribution in [0.1, 0.15) is 21.1 Å². The van der Waals surface area contributed by atoms with Gasteiger partial charge in [-0.15, -0.1) is 11.3 Å². The first-order valence-electron chi connectivity index (χ1n) is 6.55. The summed E-state index contributed by atoms with van der Waals surface area (Å²) in [5, 5.41) is 5.87. The fourth-order valence-corrected chi connectivity index (χ4v) is 2.59. The molecule has 0 saturated heterocycles. The van der Waals surface area contributed by atoms with Gasteiger partial charge in [0.05, 0.1) is 23.5 Å². The summed E-state index contributed by atoms with van der Waals surface area (Å²) >= 11 is 1.62. The summed E-state index contributed by atoms with van der Waals surface area (Å²) in [6.45, 7) is 2.36. The van der Waals surface area contributed by atoms with Crippen LogP contribution >= 0.6 is 11.3 Å². The van der Waals surface area contributed by atoms with Crippen molar-refractivity contribution < 1.29 is 9.21 Å². The van der Waals surface area contributed by atoms with Crippen LogP contribution in [-0.2, 0) is 6.54 Å². The number of carbonyl (C=O) groups excluding carboxylic acids is 1. The zero-order valence-electron chi connectivity index (χ0n) is 11.5. The Hall–Kier alpha value is -2.40. The molecule has 0 aliphatic heterocycles. The van der Waals surface area contributed by atoms with E-state index < -0.39 is 0 Å². The molecule has 0 aliphatic rings. The number of hydrogen-bond acceptors (Lipinski definition) is 4. The van der Waals surface area contributed by atoms with Crippen molar-refractivity contribution in [2.45, 2.75) is 13.5 Å². The first kappa shape index (κ1) is 13.6. The third-order valence-electron chi connectivity index (χ3n) is 3.07. The maximum Gasteiger partial charge on any atom is 0.251 e. The highest BCUT2D eigenvalue weighted by atomic mass is 32.1. The Bertz CT molecular complexity index is 730. The summed E-state index contributed by atoms with van der Waals surface area (Å²) in [7, 11) is 0. The zero-order valence-corrected chi connectivity index (χ0v) is 12.3. The summed E-state index contributed by atoms with van der Waals surface area (Å²) in [6, 6.07) is 11.1. The quantitative estimate of drug-likeness (QED) is 0.800. The Kier molecular flexibility index (Phi) is 3.83. The average molecular weight is 298 g/mol. The molecule has 21 heavy (non-hydrogen) atoms. The number of carbonyl (C=O) groups is 1. The Balaban J connectivity index is 1.67. The van der Waals surface area contributed by atoms with Crippen molar-refractivity contribution in [1.29, 1.82) is 0 Å². The van der Waals surface area contributed by atoms with Gasteiger partial charge in [0.1, 0.15) is 5.76 Å². The highest BCUT2D eigenvalue weighted by molar-refractivity contribution is 7.09. The van der Waals surface area contributed by atoms with Gasteiger partial charge >= 0.3 is 0 Å². The highest BCUT2D eigenvalue weighted by Gasteiger charge is 2.07. The number of amides is 1. The van der Waals surface area contributed by atoms with Gasteiger partial charge in [-0.2, -0.15) is 0 Å². The summed E-state index contributed by atoms with van der Waals surface area (Å²) in [4.78, 5) is 16.5. The van der Waals surface area contributed by atoms with Gasteiger partial charge in [0, 0.05) is 16.5 Å². The predicted octanol–water partition coefficient (Wildman–Crippen LogP) is 3.64. The molecule has 106 valence electrons. The van der Waals surface area contributed by atoms with Crippen molar-refractivity contribution in [2.24, 2.45) is 0 Å². The van der Waals surface area contributed by atoms with Gasteiger partial charge in [0.15, 0.2) is 0 Å². The summed E-state index contributed by atoms with van der Waals surface area (Å²) in [5.41, 5.74) is 2.58. The second-order valence-electron chi connectivity index (χ2n) is 4.59. The topological polar surface area (TPSA) is 55.1 Å². The van der Waals surface area contributed by atoms with Crippen molar-refractivity contribution in [3.8, 4) is 11.3 Å². The van der Waals surface area contributed by atoms with Crippen LogP contribution in [0.5, 0.6) is 0 Å². The fourth-order valence-electron chi connectivity index (χ4n) is 1.97. The molecule has 0 atom stereocenters. The molecule has 0 saturated carbocycles. The molecule has 3 aromatic rings. The Morgan fingerprint density at radius 2 is 2.10 bits per heavy atom. The molecule has 0 aliphatic carbocycles. The van der Waals surface area contributed by atoms with Crippen molar-refractivity contribution in [3.05, 3.63) is 64.4 Å². The maximum absolute atomic E-state index is 12.0. The molecule has 0 bridgehead atoms. The maximum atomic E-state index is 12.0. The van der Waals surface area contributed by atoms with Crippen LogP contribution in [0.25, 0.3) is 11.3 Å². The normalized spacial score (nSPS) is 10.5. The molecule has 2 heterocycles. The number of furan rings is 1. The second kappa shape index (κ2) is 5.93. The van der Waals surface area contributed by atoms with E-state index in [9.17, 15) is 4.79 Å². The molecule has 1 amide bonds. The minimum absolute atomic E-state index is 0.118. The van der Waals surface area contributed by atoms with E-state index in [2.05, 4.69) is 10.3 Å². The smallest absolute Gasteiger partial charge is 0.251 e. The number of benzene rings is 1. The van der Waals surface area contributed by atoms with Gasteiger partial charge in [-0.3, -0.25) is 4.79 Å². The molecule has 4 nitrogen and oxygen atoms in total. The largest absolute Gasteiger partial charge is 0.467 e.